The molecule has 0 bridgehead atoms. The Labute approximate surface area is 158 Å². The van der Waals surface area contributed by atoms with Gasteiger partial charge >= 0.3 is 0 Å². The molecule has 4 heterocycles. The molecule has 142 valence electrons. The number of aliphatic hydroxyl groups is 1. The van der Waals surface area contributed by atoms with Crippen LogP contribution in [0.3, 0.4) is 0 Å². The summed E-state index contributed by atoms with van der Waals surface area (Å²) in [7, 11) is 1.78. The highest BCUT2D eigenvalue weighted by Crippen LogP contribution is 2.51. The van der Waals surface area contributed by atoms with Gasteiger partial charge in [-0.3, -0.25) is 9.59 Å². The molecule has 0 aromatic carbocycles. The summed E-state index contributed by atoms with van der Waals surface area (Å²) in [6.45, 7) is 4.88. The molecule has 0 unspecified atom stereocenters. The Morgan fingerprint density at radius 1 is 1.41 bits per heavy atom. The molecule has 0 aliphatic carbocycles. The smallest absolute Gasteiger partial charge is 0.250 e. The van der Waals surface area contributed by atoms with Crippen molar-refractivity contribution in [1.82, 2.24) is 9.47 Å². The molecule has 4 rings (SSSR count). The number of nitrogens with zero attached hydrogens (tertiary/aromatic N) is 3. The first-order valence-corrected chi connectivity index (χ1v) is 9.44. The Morgan fingerprint density at radius 2 is 2.07 bits per heavy atom. The Morgan fingerprint density at radius 3 is 2.63 bits per heavy atom. The molecule has 4 atom stereocenters. The van der Waals surface area contributed by atoms with Crippen LogP contribution in [-0.4, -0.2) is 44.4 Å². The second-order valence-corrected chi connectivity index (χ2v) is 8.27. The largest absolute Gasteiger partial charge is 0.543 e. The second-order valence-electron chi connectivity index (χ2n) is 7.24. The van der Waals surface area contributed by atoms with Crippen molar-refractivity contribution in [3.8, 4) is 0 Å². The molecule has 0 radical (unpaired) electrons. The highest BCUT2D eigenvalue weighted by molar-refractivity contribution is 7.18. The summed E-state index contributed by atoms with van der Waals surface area (Å²) in [6.07, 6.45) is 2.67. The normalized spacial score (nSPS) is 25.7. The average molecular weight is 389 g/mol. The molecule has 27 heavy (non-hydrogen) atoms. The average Bonchev–Trinajstić information content (AvgIpc) is 3.13. The zero-order chi connectivity index (χ0) is 19.8. The van der Waals surface area contributed by atoms with Crippen LogP contribution in [0, 0.1) is 11.8 Å². The predicted molar refractivity (Wildman–Crippen MR) is 93.4 cm³/mol. The van der Waals surface area contributed by atoms with E-state index in [2.05, 4.69) is 0 Å². The Balaban J connectivity index is 1.88. The van der Waals surface area contributed by atoms with E-state index in [1.807, 2.05) is 6.92 Å². The fourth-order valence-corrected chi connectivity index (χ4v) is 5.78. The molecule has 1 amide bonds. The van der Waals surface area contributed by atoms with E-state index in [1.54, 1.807) is 28.5 Å². The van der Waals surface area contributed by atoms with E-state index in [4.69, 9.17) is 0 Å². The third-order valence-corrected chi connectivity index (χ3v) is 6.66. The quantitative estimate of drug-likeness (QED) is 0.425. The van der Waals surface area contributed by atoms with E-state index >= 15 is 0 Å². The van der Waals surface area contributed by atoms with Crippen molar-refractivity contribution >= 4 is 39.4 Å². The highest BCUT2D eigenvalue weighted by Gasteiger charge is 2.59. The molecule has 8 nitrogen and oxygen atoms in total. The maximum Gasteiger partial charge on any atom is 0.250 e. The maximum absolute atomic E-state index is 12.4. The lowest BCUT2D eigenvalue weighted by Crippen LogP contribution is -2.64. The summed E-state index contributed by atoms with van der Waals surface area (Å²) >= 11 is 1.31. The number of thiazole rings is 1. The van der Waals surface area contributed by atoms with Gasteiger partial charge in [0, 0.05) is 18.4 Å². The number of carbonyl (C=O) groups excluding carboxylic acids is 3. The lowest BCUT2D eigenvalue weighted by atomic mass is 9.77. The van der Waals surface area contributed by atoms with E-state index in [1.165, 1.54) is 30.1 Å². The topological polar surface area (TPSA) is 107 Å². The predicted octanol–water partition coefficient (Wildman–Crippen LogP) is -0.654. The number of imidazole rings is 1. The molecule has 2 aliphatic rings. The number of amides is 1. The Kier molecular flexibility index (Phi) is 3.80. The van der Waals surface area contributed by atoms with Crippen LogP contribution in [0.2, 0.25) is 0 Å². The van der Waals surface area contributed by atoms with Crippen molar-refractivity contribution in [2.24, 2.45) is 18.9 Å². The number of hydrogen-bond acceptors (Lipinski definition) is 6. The van der Waals surface area contributed by atoms with Crippen molar-refractivity contribution in [2.45, 2.75) is 32.9 Å². The summed E-state index contributed by atoms with van der Waals surface area (Å²) in [5.74, 6) is -2.78. The second kappa shape index (κ2) is 5.74. The fraction of sp³-hybridized carbons (Fsp3) is 0.444. The molecule has 1 fully saturated rings. The van der Waals surface area contributed by atoms with Crippen molar-refractivity contribution in [3.63, 3.8) is 0 Å². The van der Waals surface area contributed by atoms with E-state index in [0.29, 0.717) is 21.0 Å². The number of carboxylic acids is 1. The fourth-order valence-electron chi connectivity index (χ4n) is 4.43. The van der Waals surface area contributed by atoms with Gasteiger partial charge in [-0.25, -0.2) is 4.57 Å². The zero-order valence-electron chi connectivity index (χ0n) is 15.3. The Bertz CT molecular complexity index is 1050. The molecule has 2 aliphatic heterocycles. The number of aliphatic carboxylic acids is 1. The van der Waals surface area contributed by atoms with E-state index < -0.39 is 29.9 Å². The van der Waals surface area contributed by atoms with Gasteiger partial charge in [0.05, 0.1) is 41.7 Å². The van der Waals surface area contributed by atoms with Crippen molar-refractivity contribution in [3.05, 3.63) is 28.8 Å². The van der Waals surface area contributed by atoms with Crippen molar-refractivity contribution in [2.75, 3.05) is 0 Å². The number of Topliss-reactive ketones (excluding diaryl/α,β-unsaturated/α-hetero) is 1. The number of β-lactam (4-membered cyclic amide) rings is 1. The van der Waals surface area contributed by atoms with Crippen molar-refractivity contribution in [1.29, 1.82) is 0 Å². The first kappa shape index (κ1) is 17.9. The minimum absolute atomic E-state index is 0.0878. The van der Waals surface area contributed by atoms with E-state index in [0.717, 1.165) is 0 Å². The number of carbonyl (C=O) groups is 3. The molecule has 0 saturated carbocycles. The van der Waals surface area contributed by atoms with Crippen LogP contribution in [0.4, 0.5) is 0 Å². The molecule has 9 heteroatoms. The van der Waals surface area contributed by atoms with Gasteiger partial charge in [-0.1, -0.05) is 18.3 Å². The van der Waals surface area contributed by atoms with Gasteiger partial charge in [-0.2, -0.15) is 4.40 Å². The van der Waals surface area contributed by atoms with Gasteiger partial charge in [-0.05, 0) is 6.92 Å². The monoisotopic (exact) mass is 389 g/mol. The van der Waals surface area contributed by atoms with Crippen LogP contribution in [-0.2, 0) is 16.6 Å². The minimum Gasteiger partial charge on any atom is -0.543 e. The van der Waals surface area contributed by atoms with Crippen LogP contribution in [0.15, 0.2) is 18.2 Å². The number of ketones is 1. The van der Waals surface area contributed by atoms with Gasteiger partial charge in [0.15, 0.2) is 0 Å². The van der Waals surface area contributed by atoms with Crippen LogP contribution in [0.1, 0.15) is 36.1 Å². The van der Waals surface area contributed by atoms with Crippen LogP contribution < -0.4 is 9.51 Å². The molecule has 0 spiro atoms. The van der Waals surface area contributed by atoms with Gasteiger partial charge in [0.25, 0.3) is 0 Å². The molecule has 2 aromatic rings. The van der Waals surface area contributed by atoms with E-state index in [9.17, 15) is 24.6 Å². The van der Waals surface area contributed by atoms with Crippen LogP contribution in [0.5, 0.6) is 0 Å². The summed E-state index contributed by atoms with van der Waals surface area (Å²) in [6, 6.07) is -0.398. The first-order chi connectivity index (χ1) is 12.6. The number of fused-ring (bicyclic) bond motifs is 2. The van der Waals surface area contributed by atoms with Gasteiger partial charge in [-0.15, -0.1) is 0 Å². The highest BCUT2D eigenvalue weighted by atomic mass is 32.1. The van der Waals surface area contributed by atoms with Gasteiger partial charge in [0.2, 0.25) is 28.5 Å². The summed E-state index contributed by atoms with van der Waals surface area (Å²) in [5.41, 5.74) is 0.920. The van der Waals surface area contributed by atoms with Crippen LogP contribution in [0.25, 0.3) is 10.4 Å². The third kappa shape index (κ3) is 2.24. The molecular formula is C18H19N3O5S. The number of aliphatic hydroxyl groups excluding tert-OH is 1. The van der Waals surface area contributed by atoms with Gasteiger partial charge in [0.1, 0.15) is 6.20 Å². The van der Waals surface area contributed by atoms with Crippen molar-refractivity contribution < 1.29 is 29.0 Å². The standard InChI is InChI=1S/C18H19N3O5S/c1-7-11(10-5-20-6-19(4)14(9(3)23)17(20)27-10)15(18(25)26)21-13(7)12(8(2)22)16(21)24/h5-8,12-13,22H,1-4H3/t7-,8+,12+,13+/m0/s1. The first-order valence-electron chi connectivity index (χ1n) is 8.63. The Hall–Kier alpha value is -2.52. The van der Waals surface area contributed by atoms with Gasteiger partial charge < -0.3 is 19.9 Å². The molecular weight excluding hydrogens is 370 g/mol. The number of aryl methyl sites for hydroxylation is 1. The number of aromatic nitrogens is 2. The number of carboxylic acid groups (broad SMARTS) is 1. The lowest BCUT2D eigenvalue weighted by Gasteiger charge is -2.47. The van der Waals surface area contributed by atoms with Crippen LogP contribution >= 0.6 is 11.3 Å². The maximum atomic E-state index is 12.4. The number of rotatable bonds is 4. The lowest BCUT2D eigenvalue weighted by molar-refractivity contribution is -0.508. The van der Waals surface area contributed by atoms with E-state index in [-0.39, 0.29) is 17.4 Å². The molecule has 1 N–H and O–H groups in total. The summed E-state index contributed by atoms with van der Waals surface area (Å²) < 4.78 is 3.51. The summed E-state index contributed by atoms with van der Waals surface area (Å²) in [5, 5.41) is 21.8. The molecule has 2 aromatic heterocycles. The minimum atomic E-state index is -1.41. The SMILES string of the molecule is CC(=O)c1c2sc(C3=C(C(=O)[O-])N4C(=O)[C@H]([C@@H](C)O)[C@H]4[C@H]3C)c[n+]2cn1C. The number of hydrogen-bond donors (Lipinski definition) is 1. The zero-order valence-corrected chi connectivity index (χ0v) is 16.1. The molecule has 1 saturated heterocycles. The third-order valence-electron chi connectivity index (χ3n) is 5.51. The summed E-state index contributed by atoms with van der Waals surface area (Å²) in [4.78, 5) is 38.9.